The molecule has 0 aromatic rings. The molecule has 0 rings (SSSR count). The van der Waals surface area contributed by atoms with E-state index in [4.69, 9.17) is 11.5 Å². The van der Waals surface area contributed by atoms with Crippen LogP contribution in [0.3, 0.4) is 0 Å². The minimum absolute atomic E-state index is 0.0140. The van der Waals surface area contributed by atoms with Crippen molar-refractivity contribution >= 4 is 11.8 Å². The molecule has 0 aliphatic carbocycles. The zero-order valence-corrected chi connectivity index (χ0v) is 14.8. The molecule has 0 spiro atoms. The van der Waals surface area contributed by atoms with Crippen LogP contribution in [0.2, 0.25) is 0 Å². The van der Waals surface area contributed by atoms with E-state index in [0.717, 1.165) is 12.8 Å². The lowest BCUT2D eigenvalue weighted by Crippen LogP contribution is -2.48. The lowest BCUT2D eigenvalue weighted by molar-refractivity contribution is -0.125. The molecule has 0 aromatic carbocycles. The maximum absolute atomic E-state index is 11.9. The molecule has 2 amide bonds. The van der Waals surface area contributed by atoms with E-state index in [2.05, 4.69) is 10.6 Å². The third-order valence-electron chi connectivity index (χ3n) is 3.81. The first-order valence-electron chi connectivity index (χ1n) is 8.18. The molecule has 4 atom stereocenters. The molecule has 0 aromatic heterocycles. The summed E-state index contributed by atoms with van der Waals surface area (Å²) in [6, 6.07) is -0.913. The number of rotatable bonds is 9. The summed E-state index contributed by atoms with van der Waals surface area (Å²) in [5.41, 5.74) is 11.8. The van der Waals surface area contributed by atoms with Crippen molar-refractivity contribution in [2.24, 2.45) is 23.3 Å². The van der Waals surface area contributed by atoms with Crippen LogP contribution in [-0.4, -0.2) is 36.0 Å². The van der Waals surface area contributed by atoms with Crippen LogP contribution >= 0.6 is 0 Å². The van der Waals surface area contributed by atoms with Crippen LogP contribution in [0.15, 0.2) is 0 Å². The molecule has 0 heterocycles. The average molecular weight is 314 g/mol. The van der Waals surface area contributed by atoms with Crippen molar-refractivity contribution in [1.82, 2.24) is 10.6 Å². The molecular weight excluding hydrogens is 280 g/mol. The second kappa shape index (κ2) is 9.79. The van der Waals surface area contributed by atoms with Crippen LogP contribution in [0.5, 0.6) is 0 Å². The Kier molecular flexibility index (Phi) is 9.28. The molecule has 3 unspecified atom stereocenters. The van der Waals surface area contributed by atoms with Crippen LogP contribution in [0, 0.1) is 11.8 Å². The first kappa shape index (κ1) is 20.9. The van der Waals surface area contributed by atoms with Gasteiger partial charge in [0.25, 0.3) is 0 Å². The zero-order valence-electron chi connectivity index (χ0n) is 14.8. The van der Waals surface area contributed by atoms with Crippen molar-refractivity contribution in [1.29, 1.82) is 0 Å². The van der Waals surface area contributed by atoms with Crippen molar-refractivity contribution in [3.8, 4) is 0 Å². The maximum Gasteiger partial charge on any atom is 0.237 e. The van der Waals surface area contributed by atoms with Crippen molar-refractivity contribution in [2.45, 2.75) is 78.6 Å². The minimum atomic E-state index is -0.525. The molecule has 0 saturated carbocycles. The van der Waals surface area contributed by atoms with Crippen molar-refractivity contribution in [3.63, 3.8) is 0 Å². The van der Waals surface area contributed by atoms with Crippen LogP contribution in [0.1, 0.15) is 54.4 Å². The van der Waals surface area contributed by atoms with Gasteiger partial charge in [-0.15, -0.1) is 0 Å². The van der Waals surface area contributed by atoms with E-state index in [9.17, 15) is 9.59 Å². The molecule has 6 nitrogen and oxygen atoms in total. The largest absolute Gasteiger partial charge is 0.353 e. The number of carbonyl (C=O) groups is 2. The zero-order chi connectivity index (χ0) is 17.4. The molecule has 130 valence electrons. The molecule has 0 aliphatic rings. The van der Waals surface area contributed by atoms with Gasteiger partial charge in [0.15, 0.2) is 0 Å². The van der Waals surface area contributed by atoms with E-state index in [1.807, 2.05) is 41.5 Å². The fourth-order valence-electron chi connectivity index (χ4n) is 2.05. The Labute approximate surface area is 134 Å². The first-order valence-corrected chi connectivity index (χ1v) is 8.18. The highest BCUT2D eigenvalue weighted by atomic mass is 16.2. The Morgan fingerprint density at radius 3 is 1.77 bits per heavy atom. The van der Waals surface area contributed by atoms with Gasteiger partial charge in [-0.05, 0) is 45.4 Å². The van der Waals surface area contributed by atoms with E-state index in [1.54, 1.807) is 0 Å². The Hall–Kier alpha value is -1.14. The normalized spacial score (nSPS) is 17.0. The van der Waals surface area contributed by atoms with Crippen molar-refractivity contribution < 1.29 is 9.59 Å². The Balaban J connectivity index is 4.21. The van der Waals surface area contributed by atoms with Gasteiger partial charge in [-0.1, -0.05) is 20.8 Å². The lowest BCUT2D eigenvalue weighted by atomic mass is 9.94. The van der Waals surface area contributed by atoms with Crippen LogP contribution in [0.4, 0.5) is 0 Å². The highest BCUT2D eigenvalue weighted by Gasteiger charge is 2.23. The smallest absolute Gasteiger partial charge is 0.237 e. The predicted octanol–water partition coefficient (Wildman–Crippen LogP) is 0.743. The Morgan fingerprint density at radius 1 is 0.818 bits per heavy atom. The monoisotopic (exact) mass is 314 g/mol. The standard InChI is InChI=1S/C16H34N4O2/c1-9(2)13(17)15(21)20-12(6)8-7-11(5)14(18)16(22)19-10(3)4/h9-14H,7-8,17-18H2,1-6H3,(H,19,22)(H,20,21)/t11?,12?,13-,14?/m0/s1. The first-order chi connectivity index (χ1) is 10.1. The van der Waals surface area contributed by atoms with Gasteiger partial charge >= 0.3 is 0 Å². The molecule has 22 heavy (non-hydrogen) atoms. The summed E-state index contributed by atoms with van der Waals surface area (Å²) in [6.07, 6.45) is 1.53. The number of nitrogens with two attached hydrogens (primary N) is 2. The molecule has 0 bridgehead atoms. The number of nitrogens with one attached hydrogen (secondary N) is 2. The summed E-state index contributed by atoms with van der Waals surface area (Å²) in [4.78, 5) is 23.7. The molecule has 6 heteroatoms. The van der Waals surface area contributed by atoms with Gasteiger partial charge < -0.3 is 22.1 Å². The molecule has 0 radical (unpaired) electrons. The summed E-state index contributed by atoms with van der Waals surface area (Å²) in [5.74, 6) is -0.0887. The van der Waals surface area contributed by atoms with Crippen molar-refractivity contribution in [2.75, 3.05) is 0 Å². The van der Waals surface area contributed by atoms with E-state index in [0.29, 0.717) is 0 Å². The lowest BCUT2D eigenvalue weighted by Gasteiger charge is -2.23. The van der Waals surface area contributed by atoms with Gasteiger partial charge in [0, 0.05) is 12.1 Å². The second-order valence-corrected chi connectivity index (χ2v) is 6.92. The van der Waals surface area contributed by atoms with Crippen LogP contribution < -0.4 is 22.1 Å². The Bertz CT molecular complexity index is 358. The minimum Gasteiger partial charge on any atom is -0.353 e. The van der Waals surface area contributed by atoms with Gasteiger partial charge in [0.05, 0.1) is 12.1 Å². The van der Waals surface area contributed by atoms with E-state index < -0.39 is 12.1 Å². The highest BCUT2D eigenvalue weighted by Crippen LogP contribution is 2.12. The van der Waals surface area contributed by atoms with E-state index in [-0.39, 0.29) is 35.7 Å². The molecular formula is C16H34N4O2. The summed E-state index contributed by atoms with van der Waals surface area (Å²) in [7, 11) is 0. The molecule has 0 fully saturated rings. The van der Waals surface area contributed by atoms with Crippen molar-refractivity contribution in [3.05, 3.63) is 0 Å². The fraction of sp³-hybridized carbons (Fsp3) is 0.875. The average Bonchev–Trinajstić information content (AvgIpc) is 2.41. The third kappa shape index (κ3) is 7.75. The SMILES string of the molecule is CC(C)NC(=O)C(N)C(C)CCC(C)NC(=O)[C@@H](N)C(C)C. The van der Waals surface area contributed by atoms with Gasteiger partial charge in [-0.25, -0.2) is 0 Å². The molecule has 6 N–H and O–H groups in total. The van der Waals surface area contributed by atoms with Gasteiger partial charge in [0.1, 0.15) is 0 Å². The Morgan fingerprint density at radius 2 is 1.32 bits per heavy atom. The highest BCUT2D eigenvalue weighted by molar-refractivity contribution is 5.82. The van der Waals surface area contributed by atoms with Crippen LogP contribution in [-0.2, 0) is 9.59 Å². The predicted molar refractivity (Wildman–Crippen MR) is 90.1 cm³/mol. The number of amides is 2. The number of hydrogen-bond acceptors (Lipinski definition) is 4. The summed E-state index contributed by atoms with van der Waals surface area (Å²) >= 11 is 0. The maximum atomic E-state index is 11.9. The summed E-state index contributed by atoms with van der Waals surface area (Å²) < 4.78 is 0. The second-order valence-electron chi connectivity index (χ2n) is 6.92. The van der Waals surface area contributed by atoms with E-state index in [1.165, 1.54) is 0 Å². The van der Waals surface area contributed by atoms with E-state index >= 15 is 0 Å². The summed E-state index contributed by atoms with van der Waals surface area (Å²) in [5, 5.41) is 5.73. The number of carbonyl (C=O) groups excluding carboxylic acids is 2. The quantitative estimate of drug-likeness (QED) is 0.503. The molecule has 0 saturated heterocycles. The van der Waals surface area contributed by atoms with Gasteiger partial charge in [-0.2, -0.15) is 0 Å². The topological polar surface area (TPSA) is 110 Å². The molecule has 0 aliphatic heterocycles. The van der Waals surface area contributed by atoms with Gasteiger partial charge in [-0.3, -0.25) is 9.59 Å². The summed E-state index contributed by atoms with van der Waals surface area (Å²) in [6.45, 7) is 11.6. The van der Waals surface area contributed by atoms with Crippen LogP contribution in [0.25, 0.3) is 0 Å². The van der Waals surface area contributed by atoms with Gasteiger partial charge in [0.2, 0.25) is 11.8 Å². The number of hydrogen-bond donors (Lipinski definition) is 4. The fourth-order valence-corrected chi connectivity index (χ4v) is 2.05. The third-order valence-corrected chi connectivity index (χ3v) is 3.81.